The van der Waals surface area contributed by atoms with Gasteiger partial charge in [0.05, 0.1) is 14.2 Å². The average Bonchev–Trinajstić information content (AvgIpc) is 2.47. The molecule has 3 heteroatoms. The molecule has 1 aromatic carbocycles. The van der Waals surface area contributed by atoms with Crippen LogP contribution in [-0.2, 0) is 0 Å². The molecular weight excluding hydrogens is 238 g/mol. The molecule has 1 aliphatic carbocycles. The number of hydrogen-bond acceptors (Lipinski definition) is 3. The second-order valence-electron chi connectivity index (χ2n) is 5.38. The van der Waals surface area contributed by atoms with Gasteiger partial charge in [0.25, 0.3) is 0 Å². The molecule has 2 atom stereocenters. The summed E-state index contributed by atoms with van der Waals surface area (Å²) in [6.07, 6.45) is 6.54. The zero-order valence-corrected chi connectivity index (χ0v) is 12.2. The van der Waals surface area contributed by atoms with Gasteiger partial charge in [0.15, 0.2) is 0 Å². The third kappa shape index (κ3) is 3.79. The van der Waals surface area contributed by atoms with Crippen LogP contribution in [-0.4, -0.2) is 20.3 Å². The molecule has 0 amide bonds. The van der Waals surface area contributed by atoms with Crippen molar-refractivity contribution in [2.24, 2.45) is 5.92 Å². The smallest absolute Gasteiger partial charge is 0.124 e. The van der Waals surface area contributed by atoms with Crippen molar-refractivity contribution < 1.29 is 9.47 Å². The molecule has 0 saturated heterocycles. The van der Waals surface area contributed by atoms with Crippen molar-refractivity contribution in [1.29, 1.82) is 0 Å². The Hall–Kier alpha value is -1.38. The highest BCUT2D eigenvalue weighted by molar-refractivity contribution is 5.54. The summed E-state index contributed by atoms with van der Waals surface area (Å²) in [6.45, 7) is 2.29. The second kappa shape index (κ2) is 6.69. The Bertz CT molecular complexity index is 383. The highest BCUT2D eigenvalue weighted by Gasteiger charge is 2.20. The monoisotopic (exact) mass is 263 g/mol. The third-order valence-electron chi connectivity index (χ3n) is 4.08. The van der Waals surface area contributed by atoms with Crippen molar-refractivity contribution in [3.05, 3.63) is 18.2 Å². The lowest BCUT2D eigenvalue weighted by atomic mass is 9.84. The predicted molar refractivity (Wildman–Crippen MR) is 79.2 cm³/mol. The number of nitrogens with one attached hydrogen (secondary N) is 1. The molecule has 0 spiro atoms. The fourth-order valence-corrected chi connectivity index (χ4v) is 2.92. The molecule has 0 aromatic heterocycles. The van der Waals surface area contributed by atoms with Crippen LogP contribution >= 0.6 is 0 Å². The van der Waals surface area contributed by atoms with Crippen molar-refractivity contribution in [3.63, 3.8) is 0 Å². The summed E-state index contributed by atoms with van der Waals surface area (Å²) in [5.74, 6) is 2.55. The Morgan fingerprint density at radius 3 is 2.37 bits per heavy atom. The lowest BCUT2D eigenvalue weighted by Gasteiger charge is -2.30. The molecule has 1 fully saturated rings. The molecule has 1 N–H and O–H groups in total. The zero-order valence-electron chi connectivity index (χ0n) is 12.2. The van der Waals surface area contributed by atoms with Crippen molar-refractivity contribution >= 4 is 5.69 Å². The summed E-state index contributed by atoms with van der Waals surface area (Å²) in [5.41, 5.74) is 1.10. The summed E-state index contributed by atoms with van der Waals surface area (Å²) in [5, 5.41) is 3.63. The van der Waals surface area contributed by atoms with Crippen LogP contribution in [0.15, 0.2) is 18.2 Å². The fourth-order valence-electron chi connectivity index (χ4n) is 2.92. The van der Waals surface area contributed by atoms with Crippen molar-refractivity contribution in [2.45, 2.75) is 45.1 Å². The molecule has 1 saturated carbocycles. The predicted octanol–water partition coefficient (Wildman–Crippen LogP) is 4.08. The summed E-state index contributed by atoms with van der Waals surface area (Å²) in [6, 6.07) is 6.56. The number of methoxy groups -OCH3 is 2. The molecule has 0 heterocycles. The Balaban J connectivity index is 2.05. The number of anilines is 1. The topological polar surface area (TPSA) is 30.5 Å². The fraction of sp³-hybridized carbons (Fsp3) is 0.625. The quantitative estimate of drug-likeness (QED) is 0.868. The van der Waals surface area contributed by atoms with E-state index in [1.165, 1.54) is 32.1 Å². The molecule has 2 rings (SSSR count). The maximum absolute atomic E-state index is 5.31. The van der Waals surface area contributed by atoms with Gasteiger partial charge in [-0.15, -0.1) is 0 Å². The van der Waals surface area contributed by atoms with Crippen molar-refractivity contribution in [2.75, 3.05) is 19.5 Å². The molecule has 19 heavy (non-hydrogen) atoms. The number of ether oxygens (including phenoxy) is 2. The van der Waals surface area contributed by atoms with Gasteiger partial charge in [-0.25, -0.2) is 0 Å². The first-order valence-corrected chi connectivity index (χ1v) is 7.24. The molecule has 106 valence electrons. The van der Waals surface area contributed by atoms with Crippen LogP contribution in [0.1, 0.15) is 39.0 Å². The van der Waals surface area contributed by atoms with Gasteiger partial charge < -0.3 is 14.8 Å². The van der Waals surface area contributed by atoms with Crippen LogP contribution in [0.2, 0.25) is 0 Å². The van der Waals surface area contributed by atoms with Gasteiger partial charge in [-0.1, -0.05) is 26.2 Å². The van der Waals surface area contributed by atoms with Crippen LogP contribution in [0.5, 0.6) is 11.5 Å². The highest BCUT2D eigenvalue weighted by Crippen LogP contribution is 2.31. The van der Waals surface area contributed by atoms with Crippen LogP contribution in [0, 0.1) is 5.92 Å². The minimum atomic E-state index is 0.579. The Morgan fingerprint density at radius 2 is 1.79 bits per heavy atom. The van der Waals surface area contributed by atoms with Crippen molar-refractivity contribution in [1.82, 2.24) is 0 Å². The van der Waals surface area contributed by atoms with E-state index in [1.54, 1.807) is 14.2 Å². The van der Waals surface area contributed by atoms with Gasteiger partial charge >= 0.3 is 0 Å². The molecule has 0 bridgehead atoms. The van der Waals surface area contributed by atoms with Crippen LogP contribution < -0.4 is 14.8 Å². The SMILES string of the molecule is CCC1CCCC(Nc2cc(OC)cc(OC)c2)C1. The summed E-state index contributed by atoms with van der Waals surface area (Å²) >= 11 is 0. The number of rotatable bonds is 5. The molecular formula is C16H25NO2. The van der Waals surface area contributed by atoms with Gasteiger partial charge in [0.2, 0.25) is 0 Å². The summed E-state index contributed by atoms with van der Waals surface area (Å²) in [7, 11) is 3.37. The first-order valence-electron chi connectivity index (χ1n) is 7.24. The van der Waals surface area contributed by atoms with Gasteiger partial charge in [0.1, 0.15) is 11.5 Å². The lowest BCUT2D eigenvalue weighted by molar-refractivity contribution is 0.327. The Labute approximate surface area is 116 Å². The Kier molecular flexibility index (Phi) is 4.94. The third-order valence-corrected chi connectivity index (χ3v) is 4.08. The van der Waals surface area contributed by atoms with E-state index < -0.39 is 0 Å². The van der Waals surface area contributed by atoms with E-state index in [0.29, 0.717) is 6.04 Å². The first kappa shape index (κ1) is 14.0. The van der Waals surface area contributed by atoms with E-state index in [0.717, 1.165) is 23.1 Å². The largest absolute Gasteiger partial charge is 0.497 e. The van der Waals surface area contributed by atoms with Crippen LogP contribution in [0.3, 0.4) is 0 Å². The van der Waals surface area contributed by atoms with E-state index in [1.807, 2.05) is 18.2 Å². The zero-order chi connectivity index (χ0) is 13.7. The van der Waals surface area contributed by atoms with E-state index in [9.17, 15) is 0 Å². The molecule has 0 aliphatic heterocycles. The molecule has 2 unspecified atom stereocenters. The van der Waals surface area contributed by atoms with E-state index in [4.69, 9.17) is 9.47 Å². The normalized spacial score (nSPS) is 22.9. The highest BCUT2D eigenvalue weighted by atomic mass is 16.5. The summed E-state index contributed by atoms with van der Waals surface area (Å²) in [4.78, 5) is 0. The minimum Gasteiger partial charge on any atom is -0.497 e. The molecule has 0 radical (unpaired) electrons. The molecule has 1 aromatic rings. The summed E-state index contributed by atoms with van der Waals surface area (Å²) < 4.78 is 10.6. The lowest BCUT2D eigenvalue weighted by Crippen LogP contribution is -2.27. The maximum atomic E-state index is 5.31. The molecule has 3 nitrogen and oxygen atoms in total. The number of hydrogen-bond donors (Lipinski definition) is 1. The minimum absolute atomic E-state index is 0.579. The second-order valence-corrected chi connectivity index (χ2v) is 5.38. The van der Waals surface area contributed by atoms with E-state index in [-0.39, 0.29) is 0 Å². The van der Waals surface area contributed by atoms with Crippen molar-refractivity contribution in [3.8, 4) is 11.5 Å². The van der Waals surface area contributed by atoms with Gasteiger partial charge in [0, 0.05) is 29.9 Å². The number of benzene rings is 1. The van der Waals surface area contributed by atoms with E-state index in [2.05, 4.69) is 12.2 Å². The van der Waals surface area contributed by atoms with Crippen LogP contribution in [0.4, 0.5) is 5.69 Å². The van der Waals surface area contributed by atoms with Gasteiger partial charge in [-0.3, -0.25) is 0 Å². The standard InChI is InChI=1S/C16H25NO2/c1-4-12-6-5-7-13(8-12)17-14-9-15(18-2)11-16(10-14)19-3/h9-13,17H,4-8H2,1-3H3. The maximum Gasteiger partial charge on any atom is 0.124 e. The Morgan fingerprint density at radius 1 is 1.11 bits per heavy atom. The first-order chi connectivity index (χ1) is 9.25. The van der Waals surface area contributed by atoms with Gasteiger partial charge in [-0.05, 0) is 18.8 Å². The van der Waals surface area contributed by atoms with E-state index >= 15 is 0 Å². The van der Waals surface area contributed by atoms with Crippen LogP contribution in [0.25, 0.3) is 0 Å². The average molecular weight is 263 g/mol. The molecule has 1 aliphatic rings. The van der Waals surface area contributed by atoms with Gasteiger partial charge in [-0.2, -0.15) is 0 Å².